The van der Waals surface area contributed by atoms with E-state index < -0.39 is 18.3 Å². The van der Waals surface area contributed by atoms with Crippen LogP contribution >= 0.6 is 11.8 Å². The fraction of sp³-hybridized carbons (Fsp3) is 0.275. The van der Waals surface area contributed by atoms with Crippen molar-refractivity contribution in [3.05, 3.63) is 131 Å². The second-order valence-electron chi connectivity index (χ2n) is 12.1. The lowest BCUT2D eigenvalue weighted by Gasteiger charge is -2.41. The number of aliphatic hydroxyl groups excluding tert-OH is 1. The number of benzene rings is 4. The lowest BCUT2D eigenvalue weighted by molar-refractivity contribution is -0.268. The molecule has 10 nitrogen and oxygen atoms in total. The maximum atomic E-state index is 12.1. The number of ether oxygens (including phenoxy) is 3. The summed E-state index contributed by atoms with van der Waals surface area (Å²) in [7, 11) is 0. The van der Waals surface area contributed by atoms with Crippen molar-refractivity contribution in [1.82, 2.24) is 15.6 Å². The molecule has 1 aliphatic heterocycles. The molecule has 51 heavy (non-hydrogen) atoms. The van der Waals surface area contributed by atoms with Crippen molar-refractivity contribution in [2.75, 3.05) is 18.9 Å². The van der Waals surface area contributed by atoms with Gasteiger partial charge in [0, 0.05) is 34.9 Å². The first-order chi connectivity index (χ1) is 24.9. The zero-order chi connectivity index (χ0) is 35.6. The van der Waals surface area contributed by atoms with E-state index in [0.717, 1.165) is 44.8 Å². The molecular formula is C40H41N3O7S. The van der Waals surface area contributed by atoms with Gasteiger partial charge in [-0.05, 0) is 23.6 Å². The highest BCUT2D eigenvalue weighted by Crippen LogP contribution is 2.44. The van der Waals surface area contributed by atoms with Crippen LogP contribution in [0.5, 0.6) is 0 Å². The number of amides is 2. The Morgan fingerprint density at radius 3 is 2.14 bits per heavy atom. The number of carbonyl (C=O) groups excluding carboxylic acids is 2. The number of esters is 1. The highest BCUT2D eigenvalue weighted by atomic mass is 32.2. The molecule has 0 saturated carbocycles. The molecule has 0 bridgehead atoms. The van der Waals surface area contributed by atoms with Crippen LogP contribution in [0.15, 0.2) is 119 Å². The predicted molar refractivity (Wildman–Crippen MR) is 194 cm³/mol. The van der Waals surface area contributed by atoms with Crippen molar-refractivity contribution in [3.63, 3.8) is 0 Å². The van der Waals surface area contributed by atoms with E-state index in [9.17, 15) is 14.7 Å². The number of aromatic nitrogens is 1. The molecule has 1 aliphatic rings. The third kappa shape index (κ3) is 9.25. The van der Waals surface area contributed by atoms with Gasteiger partial charge in [-0.15, -0.1) is 0 Å². The molecule has 3 N–H and O–H groups in total. The smallest absolute Gasteiger partial charge is 0.325 e. The molecule has 0 spiro atoms. The van der Waals surface area contributed by atoms with Gasteiger partial charge in [-0.2, -0.15) is 0 Å². The van der Waals surface area contributed by atoms with E-state index in [0.29, 0.717) is 11.0 Å². The van der Waals surface area contributed by atoms with Crippen LogP contribution in [-0.2, 0) is 32.2 Å². The lowest BCUT2D eigenvalue weighted by Crippen LogP contribution is -2.39. The monoisotopic (exact) mass is 707 g/mol. The van der Waals surface area contributed by atoms with Crippen molar-refractivity contribution in [2.45, 2.75) is 50.7 Å². The van der Waals surface area contributed by atoms with Crippen molar-refractivity contribution in [2.24, 2.45) is 5.92 Å². The minimum Gasteiger partial charge on any atom is -0.465 e. The van der Waals surface area contributed by atoms with Gasteiger partial charge in [-0.1, -0.05) is 128 Å². The van der Waals surface area contributed by atoms with Crippen LogP contribution in [0.25, 0.3) is 22.6 Å². The van der Waals surface area contributed by atoms with Crippen LogP contribution in [0.4, 0.5) is 4.79 Å². The number of urea groups is 1. The van der Waals surface area contributed by atoms with Crippen LogP contribution in [0.2, 0.25) is 0 Å². The molecule has 5 aromatic rings. The van der Waals surface area contributed by atoms with E-state index in [-0.39, 0.29) is 44.4 Å². The summed E-state index contributed by atoms with van der Waals surface area (Å²) in [5.41, 5.74) is 6.23. The maximum Gasteiger partial charge on any atom is 0.325 e. The van der Waals surface area contributed by atoms with Gasteiger partial charge in [0.1, 0.15) is 12.2 Å². The second-order valence-corrected chi connectivity index (χ2v) is 13.1. The number of carbonyl (C=O) groups is 2. The molecule has 2 heterocycles. The van der Waals surface area contributed by atoms with Crippen LogP contribution in [0, 0.1) is 5.92 Å². The molecule has 1 saturated heterocycles. The zero-order valence-electron chi connectivity index (χ0n) is 28.5. The highest BCUT2D eigenvalue weighted by Gasteiger charge is 2.38. The van der Waals surface area contributed by atoms with Gasteiger partial charge in [-0.25, -0.2) is 9.78 Å². The van der Waals surface area contributed by atoms with Crippen molar-refractivity contribution >= 4 is 23.8 Å². The maximum absolute atomic E-state index is 12.1. The molecule has 2 amide bonds. The summed E-state index contributed by atoms with van der Waals surface area (Å²) in [6, 6.07) is 35.0. The van der Waals surface area contributed by atoms with Gasteiger partial charge in [-0.3, -0.25) is 4.79 Å². The molecule has 4 atom stereocenters. The number of rotatable bonds is 13. The molecular weight excluding hydrogens is 667 g/mol. The van der Waals surface area contributed by atoms with Gasteiger partial charge in [0.15, 0.2) is 12.1 Å². The molecule has 1 aromatic heterocycles. The molecule has 4 aromatic carbocycles. The molecule has 0 radical (unpaired) electrons. The van der Waals surface area contributed by atoms with Crippen LogP contribution in [-0.4, -0.2) is 47.1 Å². The zero-order valence-corrected chi connectivity index (χ0v) is 29.3. The van der Waals surface area contributed by atoms with Crippen molar-refractivity contribution in [1.29, 1.82) is 0 Å². The summed E-state index contributed by atoms with van der Waals surface area (Å²) in [5, 5.41) is 15.4. The quantitative estimate of drug-likeness (QED) is 0.0844. The number of nitrogens with one attached hydrogen (secondary N) is 2. The Kier molecular flexibility index (Phi) is 12.2. The SMILES string of the molecule is CCOC(=O)CNC(=O)NCc1ccc([C@H]2O[C@@H](CSc3nc(-c4ccccc4)c(-c4ccccc4)o3)[C@@H](C)[C@@H](c3ccc(CO)cc3)O2)cc1. The average Bonchev–Trinajstić information content (AvgIpc) is 3.61. The summed E-state index contributed by atoms with van der Waals surface area (Å²) in [4.78, 5) is 28.6. The third-order valence-electron chi connectivity index (χ3n) is 8.59. The first-order valence-electron chi connectivity index (χ1n) is 16.9. The highest BCUT2D eigenvalue weighted by molar-refractivity contribution is 7.99. The topological polar surface area (TPSA) is 132 Å². The third-order valence-corrected chi connectivity index (χ3v) is 9.51. The van der Waals surface area contributed by atoms with Crippen molar-refractivity contribution < 1.29 is 33.3 Å². The Hall–Kier alpha value is -4.94. The number of thioether (sulfide) groups is 1. The largest absolute Gasteiger partial charge is 0.465 e. The van der Waals surface area contributed by atoms with Gasteiger partial charge in [0.2, 0.25) is 0 Å². The number of hydrogen-bond donors (Lipinski definition) is 3. The molecule has 264 valence electrons. The van der Waals surface area contributed by atoms with Crippen LogP contribution < -0.4 is 10.6 Å². The van der Waals surface area contributed by atoms with Crippen LogP contribution in [0.1, 0.15) is 48.5 Å². The fourth-order valence-electron chi connectivity index (χ4n) is 5.80. The van der Waals surface area contributed by atoms with E-state index in [1.54, 1.807) is 6.92 Å². The average molecular weight is 708 g/mol. The minimum absolute atomic E-state index is 0.0255. The Labute approximate surface area is 301 Å². The molecule has 6 rings (SSSR count). The summed E-state index contributed by atoms with van der Waals surface area (Å²) in [5.74, 6) is 0.768. The van der Waals surface area contributed by atoms with E-state index >= 15 is 0 Å². The summed E-state index contributed by atoms with van der Waals surface area (Å²) in [6.45, 7) is 4.12. The van der Waals surface area contributed by atoms with Gasteiger partial charge in [0.05, 0.1) is 25.4 Å². The standard InChI is InChI=1S/C40H41N3O7S/c1-3-47-34(45)23-42-39(46)41-22-27-14-20-32(21-15-27)38-48-33(26(2)36(49-38)31-18-16-28(24-44)17-19-31)25-51-40-43-35(29-10-6-4-7-11-29)37(50-40)30-12-8-5-9-13-30/h4-21,26,33,36,38,44H,3,22-25H2,1-2H3,(H2,41,42,46)/t26-,33+,36+,38+/m1/s1. The second kappa shape index (κ2) is 17.3. The van der Waals surface area contributed by atoms with Crippen LogP contribution in [0.3, 0.4) is 0 Å². The number of nitrogens with zero attached hydrogens (tertiary/aromatic N) is 1. The molecule has 0 aliphatic carbocycles. The summed E-state index contributed by atoms with van der Waals surface area (Å²) >= 11 is 1.51. The van der Waals surface area contributed by atoms with Gasteiger partial charge >= 0.3 is 12.0 Å². The molecule has 0 unspecified atom stereocenters. The van der Waals surface area contributed by atoms with E-state index in [1.807, 2.05) is 109 Å². The Morgan fingerprint density at radius 2 is 1.47 bits per heavy atom. The normalized spacial score (nSPS) is 18.6. The van der Waals surface area contributed by atoms with E-state index in [1.165, 1.54) is 11.8 Å². The van der Waals surface area contributed by atoms with E-state index in [4.69, 9.17) is 23.6 Å². The number of aliphatic hydroxyl groups is 1. The number of hydrogen-bond acceptors (Lipinski definition) is 9. The Morgan fingerprint density at radius 1 is 0.824 bits per heavy atom. The lowest BCUT2D eigenvalue weighted by atomic mass is 9.91. The minimum atomic E-state index is -0.659. The van der Waals surface area contributed by atoms with Gasteiger partial charge < -0.3 is 34.4 Å². The predicted octanol–water partition coefficient (Wildman–Crippen LogP) is 7.45. The fourth-order valence-corrected chi connectivity index (χ4v) is 6.79. The first-order valence-corrected chi connectivity index (χ1v) is 17.9. The first kappa shape index (κ1) is 35.9. The summed E-state index contributed by atoms with van der Waals surface area (Å²) in [6.07, 6.45) is -1.17. The molecule has 1 fully saturated rings. The Balaban J connectivity index is 1.18. The summed E-state index contributed by atoms with van der Waals surface area (Å²) < 4.78 is 24.5. The van der Waals surface area contributed by atoms with E-state index in [2.05, 4.69) is 17.6 Å². The Bertz CT molecular complexity index is 1810. The molecule has 11 heteroatoms. The van der Waals surface area contributed by atoms with Gasteiger partial charge in [0.25, 0.3) is 5.22 Å². The van der Waals surface area contributed by atoms with Crippen molar-refractivity contribution in [3.8, 4) is 22.6 Å². The number of oxazole rings is 1.